The molecular formula is C19H18BrCl2NO5. The third-order valence-electron chi connectivity index (χ3n) is 5.26. The topological polar surface area (TPSA) is 76.1 Å². The Balaban J connectivity index is 2.34. The number of allylic oxidation sites excluding steroid dienone is 3. The lowest BCUT2D eigenvalue weighted by molar-refractivity contribution is -0.138. The van der Waals surface area contributed by atoms with Crippen molar-refractivity contribution in [1.82, 2.24) is 4.90 Å². The van der Waals surface area contributed by atoms with E-state index in [9.17, 15) is 14.7 Å². The van der Waals surface area contributed by atoms with E-state index in [1.165, 1.54) is 26.4 Å². The Labute approximate surface area is 180 Å². The lowest BCUT2D eigenvalue weighted by Crippen LogP contribution is -2.55. The van der Waals surface area contributed by atoms with Gasteiger partial charge in [0.05, 0.1) is 19.7 Å². The van der Waals surface area contributed by atoms with Crippen LogP contribution >= 0.6 is 39.1 Å². The maximum absolute atomic E-state index is 13.2. The van der Waals surface area contributed by atoms with E-state index in [-0.39, 0.29) is 28.9 Å². The van der Waals surface area contributed by atoms with Crippen LogP contribution in [-0.4, -0.2) is 51.2 Å². The monoisotopic (exact) mass is 489 g/mol. The Hall–Kier alpha value is -1.70. The second kappa shape index (κ2) is 7.28. The molecule has 3 unspecified atom stereocenters. The quantitative estimate of drug-likeness (QED) is 0.387. The van der Waals surface area contributed by atoms with E-state index >= 15 is 0 Å². The fourth-order valence-electron chi connectivity index (χ4n) is 3.86. The number of carbonyl (C=O) groups excluding carboxylic acids is 2. The number of rotatable bonds is 5. The third-order valence-corrected chi connectivity index (χ3v) is 7.18. The first-order valence-corrected chi connectivity index (χ1v) is 10.2. The van der Waals surface area contributed by atoms with Crippen molar-refractivity contribution in [1.29, 1.82) is 0 Å². The largest absolute Gasteiger partial charge is 0.507 e. The highest BCUT2D eigenvalue weighted by atomic mass is 79.9. The molecule has 1 aliphatic carbocycles. The summed E-state index contributed by atoms with van der Waals surface area (Å²) in [6.45, 7) is 3.79. The molecule has 1 saturated heterocycles. The first kappa shape index (κ1) is 21.0. The van der Waals surface area contributed by atoms with Crippen LogP contribution < -0.4 is 9.47 Å². The molecule has 9 heteroatoms. The molecule has 1 aromatic rings. The van der Waals surface area contributed by atoms with Gasteiger partial charge in [-0.25, -0.2) is 0 Å². The average molecular weight is 491 g/mol. The van der Waals surface area contributed by atoms with Crippen LogP contribution in [0.5, 0.6) is 17.2 Å². The number of alkyl halides is 3. The number of ether oxygens (including phenoxy) is 2. The molecule has 28 heavy (non-hydrogen) atoms. The van der Waals surface area contributed by atoms with E-state index in [4.69, 9.17) is 32.7 Å². The fraction of sp³-hybridized carbons (Fsp3) is 0.368. The van der Waals surface area contributed by atoms with E-state index in [2.05, 4.69) is 22.5 Å². The van der Waals surface area contributed by atoms with Crippen LogP contribution in [0, 0.1) is 0 Å². The van der Waals surface area contributed by atoms with Crippen molar-refractivity contribution in [2.75, 3.05) is 19.7 Å². The minimum absolute atomic E-state index is 0.0449. The summed E-state index contributed by atoms with van der Waals surface area (Å²) in [6.07, 6.45) is 3.28. The molecule has 0 radical (unpaired) electrons. The number of nitrogens with zero attached hydrogens (tertiary/aromatic N) is 1. The lowest BCUT2D eigenvalue weighted by Gasteiger charge is -2.42. The predicted molar refractivity (Wildman–Crippen MR) is 110 cm³/mol. The van der Waals surface area contributed by atoms with Crippen LogP contribution in [0.1, 0.15) is 17.9 Å². The zero-order valence-electron chi connectivity index (χ0n) is 15.2. The summed E-state index contributed by atoms with van der Waals surface area (Å²) in [5.74, 6) is -1.82. The van der Waals surface area contributed by atoms with Crippen molar-refractivity contribution in [3.8, 4) is 17.2 Å². The van der Waals surface area contributed by atoms with Gasteiger partial charge in [0.25, 0.3) is 11.8 Å². The normalized spacial score (nSPS) is 29.4. The van der Waals surface area contributed by atoms with Gasteiger partial charge in [-0.3, -0.25) is 14.5 Å². The summed E-state index contributed by atoms with van der Waals surface area (Å²) in [5, 5.41) is 10.8. The number of hydrogen-bond donors (Lipinski definition) is 1. The van der Waals surface area contributed by atoms with Crippen LogP contribution in [0.15, 0.2) is 36.4 Å². The summed E-state index contributed by atoms with van der Waals surface area (Å²) in [6, 6.07) is 2.94. The number of benzene rings is 1. The Morgan fingerprint density at radius 3 is 2.54 bits per heavy atom. The number of imide groups is 1. The lowest BCUT2D eigenvalue weighted by atomic mass is 9.68. The summed E-state index contributed by atoms with van der Waals surface area (Å²) >= 11 is 16.8. The Morgan fingerprint density at radius 2 is 2.00 bits per heavy atom. The molecular weight excluding hydrogens is 473 g/mol. The number of carbonyl (C=O) groups is 2. The Morgan fingerprint density at radius 1 is 1.32 bits per heavy atom. The summed E-state index contributed by atoms with van der Waals surface area (Å²) in [5.41, 5.74) is 0.740. The van der Waals surface area contributed by atoms with Gasteiger partial charge in [0.1, 0.15) is 17.2 Å². The van der Waals surface area contributed by atoms with Crippen molar-refractivity contribution in [3.05, 3.63) is 42.0 Å². The van der Waals surface area contributed by atoms with Gasteiger partial charge in [-0.2, -0.15) is 0 Å². The first-order chi connectivity index (χ1) is 13.2. The van der Waals surface area contributed by atoms with E-state index < -0.39 is 27.5 Å². The smallest absolute Gasteiger partial charge is 0.254 e. The van der Waals surface area contributed by atoms with Gasteiger partial charge in [0, 0.05) is 23.6 Å². The molecule has 150 valence electrons. The highest BCUT2D eigenvalue weighted by Crippen LogP contribution is 2.61. The molecule has 2 amide bonds. The molecule has 6 nitrogen and oxygen atoms in total. The van der Waals surface area contributed by atoms with Crippen molar-refractivity contribution in [3.63, 3.8) is 0 Å². The number of phenolic OH excluding ortho intramolecular Hbond substituents is 1. The van der Waals surface area contributed by atoms with Gasteiger partial charge >= 0.3 is 0 Å². The molecule has 0 bridgehead atoms. The van der Waals surface area contributed by atoms with Gasteiger partial charge in [-0.05, 0) is 12.0 Å². The molecule has 0 spiro atoms. The molecule has 0 saturated carbocycles. The Kier molecular flexibility index (Phi) is 5.47. The summed E-state index contributed by atoms with van der Waals surface area (Å²) in [7, 11) is 2.86. The summed E-state index contributed by atoms with van der Waals surface area (Å²) < 4.78 is 10.6. The van der Waals surface area contributed by atoms with Crippen LogP contribution in [0.3, 0.4) is 0 Å². The minimum atomic E-state index is -1.88. The third kappa shape index (κ3) is 2.60. The number of phenols is 1. The molecule has 3 atom stereocenters. The fourth-order valence-corrected chi connectivity index (χ4v) is 5.18. The van der Waals surface area contributed by atoms with Crippen LogP contribution in [0.25, 0.3) is 0 Å². The SMILES string of the molecule is C=CC1=CCC2(Cl)C(=O)N(CBr)C(=O)C2(Cl)C1c1c(O)cc(OC)cc1OC. The number of methoxy groups -OCH3 is 2. The maximum Gasteiger partial charge on any atom is 0.254 e. The standard InChI is InChI=1S/C19H18BrCl2NO5/c1-4-10-5-6-18(21)16(25)23(9-20)17(26)19(18,22)15(10)14-12(24)7-11(27-2)8-13(14)28-3/h4-5,7-8,15,24H,1,6,9H2,2-3H3. The molecule has 1 aromatic carbocycles. The highest BCUT2D eigenvalue weighted by Gasteiger charge is 2.73. The van der Waals surface area contributed by atoms with Gasteiger partial charge in [0.2, 0.25) is 0 Å². The number of aromatic hydroxyl groups is 1. The second-order valence-electron chi connectivity index (χ2n) is 6.48. The van der Waals surface area contributed by atoms with Gasteiger partial charge < -0.3 is 14.6 Å². The first-order valence-electron chi connectivity index (χ1n) is 8.28. The van der Waals surface area contributed by atoms with Crippen molar-refractivity contribution in [2.45, 2.75) is 22.1 Å². The van der Waals surface area contributed by atoms with Gasteiger partial charge in [-0.1, -0.05) is 34.7 Å². The zero-order chi connectivity index (χ0) is 20.9. The number of hydrogen-bond acceptors (Lipinski definition) is 5. The van der Waals surface area contributed by atoms with Crippen molar-refractivity contribution >= 4 is 50.9 Å². The molecule has 1 heterocycles. The van der Waals surface area contributed by atoms with Crippen LogP contribution in [0.2, 0.25) is 0 Å². The average Bonchev–Trinajstić information content (AvgIpc) is 2.84. The number of likely N-dealkylation sites (tertiary alicyclic amines) is 1. The maximum atomic E-state index is 13.2. The molecule has 1 fully saturated rings. The molecule has 1 aliphatic heterocycles. The van der Waals surface area contributed by atoms with Crippen molar-refractivity contribution in [2.24, 2.45) is 0 Å². The molecule has 1 N–H and O–H groups in total. The number of amides is 2. The second-order valence-corrected chi connectivity index (χ2v) is 8.22. The minimum Gasteiger partial charge on any atom is -0.507 e. The number of fused-ring (bicyclic) bond motifs is 1. The molecule has 0 aromatic heterocycles. The van der Waals surface area contributed by atoms with Crippen molar-refractivity contribution < 1.29 is 24.2 Å². The van der Waals surface area contributed by atoms with Crippen LogP contribution in [0.4, 0.5) is 0 Å². The van der Waals surface area contributed by atoms with E-state index in [0.29, 0.717) is 11.3 Å². The van der Waals surface area contributed by atoms with Gasteiger partial charge in [-0.15, -0.1) is 23.2 Å². The van der Waals surface area contributed by atoms with E-state index in [1.807, 2.05) is 0 Å². The van der Waals surface area contributed by atoms with Gasteiger partial charge in [0.15, 0.2) is 9.75 Å². The number of halogens is 3. The van der Waals surface area contributed by atoms with E-state index in [0.717, 1.165) is 4.90 Å². The van der Waals surface area contributed by atoms with Crippen LogP contribution in [-0.2, 0) is 9.59 Å². The Bertz CT molecular complexity index is 905. The zero-order valence-corrected chi connectivity index (χ0v) is 18.3. The van der Waals surface area contributed by atoms with E-state index in [1.54, 1.807) is 12.1 Å². The highest BCUT2D eigenvalue weighted by molar-refractivity contribution is 9.09. The molecule has 3 rings (SSSR count). The predicted octanol–water partition coefficient (Wildman–Crippen LogP) is 3.69. The summed E-state index contributed by atoms with van der Waals surface area (Å²) in [4.78, 5) is 23.5. The molecule has 2 aliphatic rings.